The molecule has 1 aliphatic heterocycles. The summed E-state index contributed by atoms with van der Waals surface area (Å²) in [7, 11) is 0. The fourth-order valence-corrected chi connectivity index (χ4v) is 0.956. The van der Waals surface area contributed by atoms with Crippen LogP contribution >= 0.6 is 0 Å². The fourth-order valence-electron chi connectivity index (χ4n) is 0.956. The second kappa shape index (κ2) is 7.40. The smallest absolute Gasteiger partial charge is 0 e. The minimum atomic E-state index is 0. The van der Waals surface area contributed by atoms with Crippen molar-refractivity contribution in [2.75, 3.05) is 0 Å². The van der Waals surface area contributed by atoms with E-state index in [1.165, 1.54) is 0 Å². The van der Waals surface area contributed by atoms with Gasteiger partial charge in [-0.15, -0.1) is 6.10 Å². The zero-order chi connectivity index (χ0) is 5.98. The molecule has 0 bridgehead atoms. The molecule has 57 valence electrons. The van der Waals surface area contributed by atoms with E-state index in [1.54, 1.807) is 0 Å². The summed E-state index contributed by atoms with van der Waals surface area (Å²) in [6, 6.07) is 0. The van der Waals surface area contributed by atoms with Crippen molar-refractivity contribution in [2.45, 2.75) is 25.9 Å². The van der Waals surface area contributed by atoms with Gasteiger partial charge in [-0.2, -0.15) is 6.42 Å². The van der Waals surface area contributed by atoms with E-state index in [1.807, 2.05) is 6.61 Å². The molecule has 1 fully saturated rings. The van der Waals surface area contributed by atoms with Gasteiger partial charge >= 0.3 is 0 Å². The maximum atomic E-state index is 5.11. The molecule has 10 heavy (non-hydrogen) atoms. The monoisotopic (exact) mass is 385 g/mol. The molecular weight excluding hydrogens is 373 g/mol. The molecule has 1 rings (SSSR count). The third kappa shape index (κ3) is 5.41. The molecule has 0 aliphatic carbocycles. The van der Waals surface area contributed by atoms with Gasteiger partial charge in [0.15, 0.2) is 0 Å². The molecule has 1 radical (unpaired) electrons. The zero-order valence-electron chi connectivity index (χ0n) is 6.25. The molecule has 1 nitrogen and oxygen atoms in total. The molecular formula is C7H12OWY-2. The summed E-state index contributed by atoms with van der Waals surface area (Å²) in [6.07, 6.45) is 2.40. The Morgan fingerprint density at radius 2 is 2.20 bits per heavy atom. The minimum Gasteiger partial charge on any atom is -0.575 e. The van der Waals surface area contributed by atoms with Crippen LogP contribution in [0.5, 0.6) is 0 Å². The number of hydrogen-bond acceptors (Lipinski definition) is 1. The van der Waals surface area contributed by atoms with E-state index in [0.29, 0.717) is 0 Å². The van der Waals surface area contributed by atoms with Gasteiger partial charge in [-0.25, -0.2) is 6.61 Å². The first kappa shape index (κ1) is 14.3. The van der Waals surface area contributed by atoms with E-state index in [0.717, 1.165) is 18.8 Å². The third-order valence-electron chi connectivity index (χ3n) is 1.45. The Labute approximate surface area is 103 Å². The van der Waals surface area contributed by atoms with E-state index in [4.69, 9.17) is 4.74 Å². The Balaban J connectivity index is 0. The van der Waals surface area contributed by atoms with Crippen LogP contribution in [0.3, 0.4) is 0 Å². The van der Waals surface area contributed by atoms with Crippen molar-refractivity contribution in [1.29, 1.82) is 0 Å². The van der Waals surface area contributed by atoms with Gasteiger partial charge in [0, 0.05) is 53.8 Å². The molecule has 0 aromatic rings. The molecule has 2 atom stereocenters. The van der Waals surface area contributed by atoms with Crippen molar-refractivity contribution in [3.8, 4) is 0 Å². The largest absolute Gasteiger partial charge is 0.575 e. The van der Waals surface area contributed by atoms with Crippen molar-refractivity contribution in [3.63, 3.8) is 0 Å². The molecule has 1 heterocycles. The predicted octanol–water partition coefficient (Wildman–Crippen LogP) is 1.79. The van der Waals surface area contributed by atoms with Gasteiger partial charge in [0.05, 0.1) is 0 Å². The first-order chi connectivity index (χ1) is 3.79. The first-order valence-corrected chi connectivity index (χ1v) is 3.09. The van der Waals surface area contributed by atoms with Crippen LogP contribution in [0.15, 0.2) is 0 Å². The van der Waals surface area contributed by atoms with E-state index in [9.17, 15) is 0 Å². The Hall–Kier alpha value is 1.75. The van der Waals surface area contributed by atoms with Crippen LogP contribution in [0, 0.1) is 19.4 Å². The summed E-state index contributed by atoms with van der Waals surface area (Å²) in [4.78, 5) is 0. The average Bonchev–Trinajstić information content (AvgIpc) is 1.64. The maximum absolute atomic E-state index is 5.11. The average molecular weight is 385 g/mol. The van der Waals surface area contributed by atoms with Gasteiger partial charge in [-0.05, 0) is 0 Å². The number of ether oxygens (including phenoxy) is 1. The molecule has 1 saturated heterocycles. The summed E-state index contributed by atoms with van der Waals surface area (Å²) in [5, 5.41) is 0. The van der Waals surface area contributed by atoms with Crippen LogP contribution in [0.4, 0.5) is 0 Å². The quantitative estimate of drug-likeness (QED) is 0.579. The van der Waals surface area contributed by atoms with E-state index in [2.05, 4.69) is 13.8 Å². The molecule has 2 unspecified atom stereocenters. The minimum absolute atomic E-state index is 0. The molecule has 0 aromatic heterocycles. The Morgan fingerprint density at radius 3 is 2.50 bits per heavy atom. The zero-order valence-corrected chi connectivity index (χ0v) is 12.0. The standard InChI is InChI=1S/C7H12O.W.Y/c1-6-3-4-8-7(2)5-6;;/h4,6-7H,2-3,5H2,1H3;;/q-2;;. The molecule has 0 aromatic carbocycles. The molecule has 1 aliphatic rings. The Morgan fingerprint density at radius 1 is 1.60 bits per heavy atom. The van der Waals surface area contributed by atoms with E-state index < -0.39 is 0 Å². The number of hydrogen-bond donors (Lipinski definition) is 0. The van der Waals surface area contributed by atoms with Crippen molar-refractivity contribution >= 4 is 0 Å². The molecule has 3 heteroatoms. The second-order valence-corrected chi connectivity index (χ2v) is 2.50. The number of rotatable bonds is 0. The van der Waals surface area contributed by atoms with Gasteiger partial charge in [-0.1, -0.05) is 19.3 Å². The van der Waals surface area contributed by atoms with Crippen molar-refractivity contribution in [1.82, 2.24) is 0 Å². The third-order valence-corrected chi connectivity index (χ3v) is 1.45. The van der Waals surface area contributed by atoms with Crippen molar-refractivity contribution in [3.05, 3.63) is 13.5 Å². The first-order valence-electron chi connectivity index (χ1n) is 3.09. The van der Waals surface area contributed by atoms with Crippen LogP contribution in [0.1, 0.15) is 19.8 Å². The van der Waals surface area contributed by atoms with Crippen LogP contribution in [0.2, 0.25) is 0 Å². The van der Waals surface area contributed by atoms with E-state index >= 15 is 0 Å². The predicted molar refractivity (Wildman–Crippen MR) is 32.9 cm³/mol. The SMILES string of the molecule is [CH2-]C1CC(C)C[CH-]O1.[W].[Y]. The molecule has 0 spiro atoms. The second-order valence-electron chi connectivity index (χ2n) is 2.50. The molecule has 0 amide bonds. The van der Waals surface area contributed by atoms with Gasteiger partial charge in [0.1, 0.15) is 0 Å². The topological polar surface area (TPSA) is 9.23 Å². The van der Waals surface area contributed by atoms with Crippen molar-refractivity contribution in [2.24, 2.45) is 5.92 Å². The summed E-state index contributed by atoms with van der Waals surface area (Å²) in [5.41, 5.74) is 0. The van der Waals surface area contributed by atoms with Crippen LogP contribution in [0.25, 0.3) is 0 Å². The molecule has 0 N–H and O–H groups in total. The normalized spacial score (nSPS) is 31.8. The maximum Gasteiger partial charge on any atom is 0 e. The Bertz CT molecular complexity index is 72.0. The summed E-state index contributed by atoms with van der Waals surface area (Å²) in [5.74, 6) is 0.770. The van der Waals surface area contributed by atoms with Gasteiger partial charge in [-0.3, -0.25) is 0 Å². The summed E-state index contributed by atoms with van der Waals surface area (Å²) in [6.45, 7) is 7.88. The fraction of sp³-hybridized carbons (Fsp3) is 0.714. The van der Waals surface area contributed by atoms with Crippen LogP contribution in [-0.4, -0.2) is 6.10 Å². The van der Waals surface area contributed by atoms with Gasteiger partial charge < -0.3 is 11.7 Å². The molecule has 0 saturated carbocycles. The van der Waals surface area contributed by atoms with Gasteiger partial charge in [0.2, 0.25) is 0 Å². The van der Waals surface area contributed by atoms with Crippen LogP contribution in [-0.2, 0) is 58.5 Å². The summed E-state index contributed by atoms with van der Waals surface area (Å²) < 4.78 is 5.11. The Kier molecular flexibility index (Phi) is 10.6. The van der Waals surface area contributed by atoms with Crippen molar-refractivity contribution < 1.29 is 58.5 Å². The van der Waals surface area contributed by atoms with E-state index in [-0.39, 0.29) is 59.9 Å². The van der Waals surface area contributed by atoms with Crippen LogP contribution < -0.4 is 0 Å². The summed E-state index contributed by atoms with van der Waals surface area (Å²) >= 11 is 0. The van der Waals surface area contributed by atoms with Gasteiger partial charge in [0.25, 0.3) is 0 Å².